The number of nitrogens with zero attached hydrogens (tertiary/aromatic N) is 3. The van der Waals surface area contributed by atoms with E-state index in [1.807, 2.05) is 48.5 Å². The van der Waals surface area contributed by atoms with E-state index in [-0.39, 0.29) is 6.79 Å². The quantitative estimate of drug-likeness (QED) is 0.363. The number of hydrogen-bond donors (Lipinski definition) is 0. The fourth-order valence-corrected chi connectivity index (χ4v) is 4.18. The Morgan fingerprint density at radius 1 is 0.871 bits per heavy atom. The summed E-state index contributed by atoms with van der Waals surface area (Å²) in [6.07, 6.45) is 4.28. The molecule has 6 heteroatoms. The molecule has 0 unspecified atom stereocenters. The van der Waals surface area contributed by atoms with Crippen molar-refractivity contribution in [3.63, 3.8) is 0 Å². The molecule has 5 rings (SSSR count). The maximum Gasteiger partial charge on any atom is 0.231 e. The van der Waals surface area contributed by atoms with E-state index in [0.717, 1.165) is 39.4 Å². The molecule has 0 fully saturated rings. The van der Waals surface area contributed by atoms with E-state index in [0.29, 0.717) is 6.54 Å². The lowest BCUT2D eigenvalue weighted by Crippen LogP contribution is -2.04. The molecule has 4 aromatic rings. The fraction of sp³-hybridized carbons (Fsp3) is 0.120. The van der Waals surface area contributed by atoms with E-state index in [9.17, 15) is 0 Å². The average molecular weight is 428 g/mol. The first-order valence-corrected chi connectivity index (χ1v) is 11.1. The van der Waals surface area contributed by atoms with E-state index >= 15 is 0 Å². The molecule has 0 spiro atoms. The molecule has 1 aliphatic rings. The molecule has 0 amide bonds. The SMILES string of the molecule is C(=Cc1ccccc1)CSc1nnc(-c2ccccc2)n1Cc1ccc2c(c1)OCO2. The lowest BCUT2D eigenvalue weighted by Gasteiger charge is -2.11. The molecule has 0 aliphatic carbocycles. The third-order valence-electron chi connectivity index (χ3n) is 4.95. The predicted molar refractivity (Wildman–Crippen MR) is 123 cm³/mol. The highest BCUT2D eigenvalue weighted by Crippen LogP contribution is 2.33. The summed E-state index contributed by atoms with van der Waals surface area (Å²) in [4.78, 5) is 0. The van der Waals surface area contributed by atoms with E-state index in [2.05, 4.69) is 57.2 Å². The monoisotopic (exact) mass is 427 g/mol. The summed E-state index contributed by atoms with van der Waals surface area (Å²) in [5.41, 5.74) is 3.35. The van der Waals surface area contributed by atoms with Gasteiger partial charge in [0.15, 0.2) is 22.5 Å². The van der Waals surface area contributed by atoms with Gasteiger partial charge in [-0.3, -0.25) is 4.57 Å². The molecule has 1 aliphatic heterocycles. The first-order valence-electron chi connectivity index (χ1n) is 10.1. The maximum atomic E-state index is 5.55. The lowest BCUT2D eigenvalue weighted by molar-refractivity contribution is 0.174. The molecular formula is C25H21N3O2S. The fourth-order valence-electron chi connectivity index (χ4n) is 3.43. The highest BCUT2D eigenvalue weighted by molar-refractivity contribution is 7.99. The Hall–Kier alpha value is -3.51. The smallest absolute Gasteiger partial charge is 0.231 e. The Kier molecular flexibility index (Phi) is 5.71. The van der Waals surface area contributed by atoms with Gasteiger partial charge in [-0.15, -0.1) is 10.2 Å². The number of benzene rings is 3. The minimum absolute atomic E-state index is 0.273. The van der Waals surface area contributed by atoms with Crippen molar-refractivity contribution in [2.75, 3.05) is 12.5 Å². The molecule has 5 nitrogen and oxygen atoms in total. The van der Waals surface area contributed by atoms with E-state index < -0.39 is 0 Å². The number of aromatic nitrogens is 3. The first-order chi connectivity index (χ1) is 15.4. The third kappa shape index (κ3) is 4.49. The van der Waals surface area contributed by atoms with Crippen molar-refractivity contribution in [3.05, 3.63) is 96.1 Å². The van der Waals surface area contributed by atoms with Crippen LogP contribution >= 0.6 is 11.8 Å². The largest absolute Gasteiger partial charge is 0.454 e. The zero-order valence-electron chi connectivity index (χ0n) is 16.8. The highest BCUT2D eigenvalue weighted by atomic mass is 32.2. The van der Waals surface area contributed by atoms with Crippen molar-refractivity contribution in [2.24, 2.45) is 0 Å². The topological polar surface area (TPSA) is 49.2 Å². The molecule has 0 atom stereocenters. The normalized spacial score (nSPS) is 12.5. The highest BCUT2D eigenvalue weighted by Gasteiger charge is 2.17. The van der Waals surface area contributed by atoms with Crippen LogP contribution in [-0.2, 0) is 6.54 Å². The van der Waals surface area contributed by atoms with Crippen molar-refractivity contribution in [1.82, 2.24) is 14.8 Å². The molecule has 0 radical (unpaired) electrons. The van der Waals surface area contributed by atoms with E-state index in [4.69, 9.17) is 9.47 Å². The summed E-state index contributed by atoms with van der Waals surface area (Å²) in [6, 6.07) is 26.5. The number of thioether (sulfide) groups is 1. The molecule has 3 aromatic carbocycles. The Balaban J connectivity index is 1.40. The minimum atomic E-state index is 0.273. The van der Waals surface area contributed by atoms with Gasteiger partial charge in [-0.1, -0.05) is 90.6 Å². The van der Waals surface area contributed by atoms with Crippen LogP contribution in [-0.4, -0.2) is 27.3 Å². The van der Waals surface area contributed by atoms with Crippen LogP contribution in [0.25, 0.3) is 17.5 Å². The van der Waals surface area contributed by atoms with Gasteiger partial charge in [0.25, 0.3) is 0 Å². The van der Waals surface area contributed by atoms with Gasteiger partial charge >= 0.3 is 0 Å². The van der Waals surface area contributed by atoms with Crippen LogP contribution in [0.4, 0.5) is 0 Å². The van der Waals surface area contributed by atoms with Crippen molar-refractivity contribution in [2.45, 2.75) is 11.7 Å². The van der Waals surface area contributed by atoms with Gasteiger partial charge in [0.05, 0.1) is 6.54 Å². The van der Waals surface area contributed by atoms with Crippen LogP contribution in [0.2, 0.25) is 0 Å². The zero-order valence-corrected chi connectivity index (χ0v) is 17.7. The molecule has 0 saturated heterocycles. The van der Waals surface area contributed by atoms with Crippen molar-refractivity contribution in [3.8, 4) is 22.9 Å². The average Bonchev–Trinajstić information content (AvgIpc) is 3.45. The molecule has 154 valence electrons. The Bertz CT molecular complexity index is 1190. The van der Waals surface area contributed by atoms with Crippen LogP contribution < -0.4 is 9.47 Å². The molecule has 0 N–H and O–H groups in total. The lowest BCUT2D eigenvalue weighted by atomic mass is 10.2. The Labute approximate surface area is 185 Å². The first kappa shape index (κ1) is 19.5. The van der Waals surface area contributed by atoms with Crippen molar-refractivity contribution < 1.29 is 9.47 Å². The van der Waals surface area contributed by atoms with Crippen molar-refractivity contribution >= 4 is 17.8 Å². The summed E-state index contributed by atoms with van der Waals surface area (Å²) < 4.78 is 13.2. The molecule has 1 aromatic heterocycles. The number of hydrogen-bond acceptors (Lipinski definition) is 5. The summed E-state index contributed by atoms with van der Waals surface area (Å²) in [6.45, 7) is 0.925. The van der Waals surface area contributed by atoms with Gasteiger partial charge < -0.3 is 9.47 Å². The number of rotatable bonds is 7. The van der Waals surface area contributed by atoms with Gasteiger partial charge in [0.1, 0.15) is 0 Å². The Morgan fingerprint density at radius 2 is 1.65 bits per heavy atom. The van der Waals surface area contributed by atoms with Gasteiger partial charge in [0.2, 0.25) is 6.79 Å². The second-order valence-electron chi connectivity index (χ2n) is 7.07. The minimum Gasteiger partial charge on any atom is -0.454 e. The van der Waals surface area contributed by atoms with Gasteiger partial charge in [-0.25, -0.2) is 0 Å². The Morgan fingerprint density at radius 3 is 2.48 bits per heavy atom. The van der Waals surface area contributed by atoms with Crippen molar-refractivity contribution in [1.29, 1.82) is 0 Å². The zero-order chi connectivity index (χ0) is 20.9. The molecule has 2 heterocycles. The number of fused-ring (bicyclic) bond motifs is 1. The van der Waals surface area contributed by atoms with Crippen LogP contribution in [0.1, 0.15) is 11.1 Å². The van der Waals surface area contributed by atoms with Crippen LogP contribution in [0.5, 0.6) is 11.5 Å². The third-order valence-corrected chi connectivity index (χ3v) is 5.86. The summed E-state index contributed by atoms with van der Waals surface area (Å²) >= 11 is 1.67. The van der Waals surface area contributed by atoms with Crippen LogP contribution in [0.15, 0.2) is 90.1 Å². The maximum absolute atomic E-state index is 5.55. The van der Waals surface area contributed by atoms with Gasteiger partial charge in [0, 0.05) is 11.3 Å². The second kappa shape index (κ2) is 9.10. The second-order valence-corrected chi connectivity index (χ2v) is 8.06. The summed E-state index contributed by atoms with van der Waals surface area (Å²) in [5.74, 6) is 3.24. The van der Waals surface area contributed by atoms with E-state index in [1.54, 1.807) is 11.8 Å². The standard InChI is InChI=1S/C25H21N3O2S/c1-3-8-19(9-4-1)10-7-15-31-25-27-26-24(21-11-5-2-6-12-21)28(25)17-20-13-14-22-23(16-20)30-18-29-22/h1-14,16H,15,17-18H2. The van der Waals surface area contributed by atoms with Crippen LogP contribution in [0, 0.1) is 0 Å². The molecule has 0 saturated carbocycles. The summed E-state index contributed by atoms with van der Waals surface area (Å²) in [5, 5.41) is 9.88. The van der Waals surface area contributed by atoms with Gasteiger partial charge in [-0.2, -0.15) is 0 Å². The predicted octanol–water partition coefficient (Wildman–Crippen LogP) is 5.53. The van der Waals surface area contributed by atoms with Gasteiger partial charge in [-0.05, 0) is 23.3 Å². The van der Waals surface area contributed by atoms with Crippen LogP contribution in [0.3, 0.4) is 0 Å². The van der Waals surface area contributed by atoms with E-state index in [1.165, 1.54) is 5.56 Å². The summed E-state index contributed by atoms with van der Waals surface area (Å²) in [7, 11) is 0. The molecular weight excluding hydrogens is 406 g/mol. The molecule has 0 bridgehead atoms. The number of ether oxygens (including phenoxy) is 2. The molecule has 31 heavy (non-hydrogen) atoms.